The minimum atomic E-state index is -3.09. The van der Waals surface area contributed by atoms with Crippen LogP contribution in [0.15, 0.2) is 0 Å². The SMILES string of the molecule is C[C@@H]1CN([C@H](C)CNS(C)(=O)=O)C[C@H](C)O1. The fraction of sp³-hybridized carbons (Fsp3) is 1.00. The van der Waals surface area contributed by atoms with Crippen LogP contribution in [0.2, 0.25) is 0 Å². The van der Waals surface area contributed by atoms with E-state index in [-0.39, 0.29) is 18.2 Å². The molecule has 1 saturated heterocycles. The van der Waals surface area contributed by atoms with Crippen molar-refractivity contribution >= 4 is 10.0 Å². The van der Waals surface area contributed by atoms with Gasteiger partial charge in [0.2, 0.25) is 10.0 Å². The summed E-state index contributed by atoms with van der Waals surface area (Å²) in [4.78, 5) is 2.26. The van der Waals surface area contributed by atoms with Crippen molar-refractivity contribution in [2.24, 2.45) is 0 Å². The average molecular weight is 250 g/mol. The molecule has 16 heavy (non-hydrogen) atoms. The van der Waals surface area contributed by atoms with E-state index >= 15 is 0 Å². The first-order chi connectivity index (χ1) is 7.28. The van der Waals surface area contributed by atoms with E-state index in [1.807, 2.05) is 20.8 Å². The first-order valence-corrected chi connectivity index (χ1v) is 7.51. The lowest BCUT2D eigenvalue weighted by atomic mass is 10.2. The second kappa shape index (κ2) is 5.44. The van der Waals surface area contributed by atoms with Crippen molar-refractivity contribution in [2.45, 2.75) is 39.0 Å². The molecule has 1 aliphatic rings. The molecule has 0 aromatic carbocycles. The van der Waals surface area contributed by atoms with Gasteiger partial charge in [-0.05, 0) is 20.8 Å². The third-order valence-corrected chi connectivity index (χ3v) is 3.40. The summed E-state index contributed by atoms with van der Waals surface area (Å²) in [5.41, 5.74) is 0. The highest BCUT2D eigenvalue weighted by Gasteiger charge is 2.25. The van der Waals surface area contributed by atoms with Crippen LogP contribution in [0.3, 0.4) is 0 Å². The molecule has 0 radical (unpaired) electrons. The van der Waals surface area contributed by atoms with Crippen LogP contribution in [0, 0.1) is 0 Å². The molecule has 1 rings (SSSR count). The first kappa shape index (κ1) is 13.9. The molecule has 6 heteroatoms. The topological polar surface area (TPSA) is 58.6 Å². The quantitative estimate of drug-likeness (QED) is 0.765. The van der Waals surface area contributed by atoms with Gasteiger partial charge in [-0.15, -0.1) is 0 Å². The fourth-order valence-corrected chi connectivity index (χ4v) is 2.52. The molecule has 0 aromatic heterocycles. The van der Waals surface area contributed by atoms with E-state index in [4.69, 9.17) is 4.74 Å². The lowest BCUT2D eigenvalue weighted by Gasteiger charge is -2.38. The van der Waals surface area contributed by atoms with E-state index in [9.17, 15) is 8.42 Å². The van der Waals surface area contributed by atoms with Crippen LogP contribution in [-0.4, -0.2) is 57.5 Å². The molecule has 0 aromatic rings. The van der Waals surface area contributed by atoms with Crippen molar-refractivity contribution in [2.75, 3.05) is 25.9 Å². The summed E-state index contributed by atoms with van der Waals surface area (Å²) in [5.74, 6) is 0. The van der Waals surface area contributed by atoms with Crippen molar-refractivity contribution in [1.29, 1.82) is 0 Å². The molecule has 1 fully saturated rings. The highest BCUT2D eigenvalue weighted by Crippen LogP contribution is 2.13. The average Bonchev–Trinajstić information content (AvgIpc) is 2.11. The van der Waals surface area contributed by atoms with Gasteiger partial charge in [-0.25, -0.2) is 13.1 Å². The fourth-order valence-electron chi connectivity index (χ4n) is 1.98. The van der Waals surface area contributed by atoms with Crippen LogP contribution in [0.1, 0.15) is 20.8 Å². The van der Waals surface area contributed by atoms with E-state index in [1.54, 1.807) is 0 Å². The zero-order valence-electron chi connectivity index (χ0n) is 10.4. The molecule has 96 valence electrons. The molecule has 1 heterocycles. The first-order valence-electron chi connectivity index (χ1n) is 5.62. The number of hydrogen-bond acceptors (Lipinski definition) is 4. The minimum Gasteiger partial charge on any atom is -0.373 e. The Morgan fingerprint density at radius 3 is 2.31 bits per heavy atom. The molecule has 1 aliphatic heterocycles. The molecule has 5 nitrogen and oxygen atoms in total. The van der Waals surface area contributed by atoms with Gasteiger partial charge in [-0.1, -0.05) is 0 Å². The highest BCUT2D eigenvalue weighted by molar-refractivity contribution is 7.88. The molecule has 0 amide bonds. The number of ether oxygens (including phenoxy) is 1. The van der Waals surface area contributed by atoms with Gasteiger partial charge >= 0.3 is 0 Å². The lowest BCUT2D eigenvalue weighted by Crippen LogP contribution is -2.52. The second-order valence-corrected chi connectivity index (χ2v) is 6.51. The van der Waals surface area contributed by atoms with Crippen LogP contribution in [0.25, 0.3) is 0 Å². The molecule has 0 aliphatic carbocycles. The Morgan fingerprint density at radius 2 is 1.88 bits per heavy atom. The molecular formula is C10H22N2O3S. The van der Waals surface area contributed by atoms with Gasteiger partial charge in [-0.3, -0.25) is 4.90 Å². The second-order valence-electron chi connectivity index (χ2n) is 4.68. The van der Waals surface area contributed by atoms with Crippen LogP contribution >= 0.6 is 0 Å². The molecule has 1 N–H and O–H groups in total. The third kappa shape index (κ3) is 4.78. The van der Waals surface area contributed by atoms with Gasteiger partial charge in [0, 0.05) is 25.7 Å². The van der Waals surface area contributed by atoms with Gasteiger partial charge in [-0.2, -0.15) is 0 Å². The van der Waals surface area contributed by atoms with E-state index in [0.29, 0.717) is 6.54 Å². The Bertz CT molecular complexity index is 308. The van der Waals surface area contributed by atoms with Gasteiger partial charge in [0.05, 0.1) is 18.5 Å². The van der Waals surface area contributed by atoms with Gasteiger partial charge in [0.1, 0.15) is 0 Å². The Labute approximate surface area is 98.2 Å². The molecule has 0 spiro atoms. The zero-order valence-corrected chi connectivity index (χ0v) is 11.3. The highest BCUT2D eigenvalue weighted by atomic mass is 32.2. The van der Waals surface area contributed by atoms with Crippen molar-refractivity contribution < 1.29 is 13.2 Å². The van der Waals surface area contributed by atoms with Gasteiger partial charge < -0.3 is 4.74 Å². The van der Waals surface area contributed by atoms with Crippen molar-refractivity contribution in [3.05, 3.63) is 0 Å². The summed E-state index contributed by atoms with van der Waals surface area (Å²) < 4.78 is 30.2. The minimum absolute atomic E-state index is 0.198. The Balaban J connectivity index is 2.44. The summed E-state index contributed by atoms with van der Waals surface area (Å²) in [5, 5.41) is 0. The normalized spacial score (nSPS) is 30.2. The summed E-state index contributed by atoms with van der Waals surface area (Å²) >= 11 is 0. The predicted octanol–water partition coefficient (Wildman–Crippen LogP) is 0.0333. The maximum Gasteiger partial charge on any atom is 0.208 e. The van der Waals surface area contributed by atoms with E-state index in [2.05, 4.69) is 9.62 Å². The van der Waals surface area contributed by atoms with Crippen molar-refractivity contribution in [3.8, 4) is 0 Å². The molecular weight excluding hydrogens is 228 g/mol. The van der Waals surface area contributed by atoms with E-state index in [1.165, 1.54) is 6.26 Å². The van der Waals surface area contributed by atoms with Gasteiger partial charge in [0.25, 0.3) is 0 Å². The Morgan fingerprint density at radius 1 is 1.38 bits per heavy atom. The Hall–Kier alpha value is -0.170. The molecule has 3 atom stereocenters. The van der Waals surface area contributed by atoms with Crippen molar-refractivity contribution in [3.63, 3.8) is 0 Å². The van der Waals surface area contributed by atoms with E-state index < -0.39 is 10.0 Å². The summed E-state index contributed by atoms with van der Waals surface area (Å²) in [6, 6.07) is 0.198. The predicted molar refractivity (Wildman–Crippen MR) is 63.9 cm³/mol. The molecule has 0 saturated carbocycles. The maximum atomic E-state index is 11.0. The number of rotatable bonds is 4. The van der Waals surface area contributed by atoms with Crippen LogP contribution in [0.4, 0.5) is 0 Å². The van der Waals surface area contributed by atoms with Gasteiger partial charge in [0.15, 0.2) is 0 Å². The number of sulfonamides is 1. The lowest BCUT2D eigenvalue weighted by molar-refractivity contribution is -0.0776. The largest absolute Gasteiger partial charge is 0.373 e. The maximum absolute atomic E-state index is 11.0. The van der Waals surface area contributed by atoms with Crippen LogP contribution in [-0.2, 0) is 14.8 Å². The summed E-state index contributed by atoms with van der Waals surface area (Å²) in [6.07, 6.45) is 1.61. The van der Waals surface area contributed by atoms with E-state index in [0.717, 1.165) is 13.1 Å². The summed E-state index contributed by atoms with van der Waals surface area (Å²) in [7, 11) is -3.09. The number of hydrogen-bond donors (Lipinski definition) is 1. The monoisotopic (exact) mass is 250 g/mol. The molecule has 0 unspecified atom stereocenters. The zero-order chi connectivity index (χ0) is 12.3. The van der Waals surface area contributed by atoms with Crippen molar-refractivity contribution in [1.82, 2.24) is 9.62 Å². The number of nitrogens with one attached hydrogen (secondary N) is 1. The summed E-state index contributed by atoms with van der Waals surface area (Å²) in [6.45, 7) is 8.29. The van der Waals surface area contributed by atoms with Crippen LogP contribution in [0.5, 0.6) is 0 Å². The standard InChI is InChI=1S/C10H22N2O3S/c1-8(5-11-16(4,13)14)12-6-9(2)15-10(3)7-12/h8-11H,5-7H2,1-4H3/t8-,9-,10+/m1/s1. The smallest absolute Gasteiger partial charge is 0.208 e. The number of morpholine rings is 1. The third-order valence-electron chi connectivity index (χ3n) is 2.71. The Kier molecular flexibility index (Phi) is 4.73. The number of nitrogens with zero attached hydrogens (tertiary/aromatic N) is 1. The van der Waals surface area contributed by atoms with Crippen LogP contribution < -0.4 is 4.72 Å². The molecule has 0 bridgehead atoms.